The van der Waals surface area contributed by atoms with E-state index in [1.54, 1.807) is 11.8 Å². The topological polar surface area (TPSA) is 63.9 Å². The van der Waals surface area contributed by atoms with Crippen LogP contribution in [0.5, 0.6) is 0 Å². The minimum Gasteiger partial charge on any atom is -0.469 e. The van der Waals surface area contributed by atoms with Crippen molar-refractivity contribution in [2.75, 3.05) is 25.1 Å². The lowest BCUT2D eigenvalue weighted by molar-refractivity contribution is -0.919. The van der Waals surface area contributed by atoms with E-state index >= 15 is 0 Å². The van der Waals surface area contributed by atoms with Gasteiger partial charge in [0.1, 0.15) is 12.2 Å². The quantitative estimate of drug-likeness (QED) is 0.762. The lowest BCUT2D eigenvalue weighted by atomic mass is 9.97. The van der Waals surface area contributed by atoms with Crippen molar-refractivity contribution in [3.63, 3.8) is 0 Å². The van der Waals surface area contributed by atoms with E-state index in [0.29, 0.717) is 5.13 Å². The highest BCUT2D eigenvalue weighted by molar-refractivity contribution is 7.14. The van der Waals surface area contributed by atoms with Crippen LogP contribution in [-0.4, -0.2) is 37.1 Å². The van der Waals surface area contributed by atoms with Crippen LogP contribution >= 0.6 is 11.3 Å². The Morgan fingerprint density at radius 1 is 1.21 bits per heavy atom. The number of nitrogens with one attached hydrogen (secondary N) is 1. The number of aromatic nitrogens is 1. The van der Waals surface area contributed by atoms with Crippen LogP contribution in [-0.2, 0) is 20.9 Å². The fourth-order valence-corrected chi connectivity index (χ4v) is 5.13. The first-order valence-electron chi connectivity index (χ1n) is 10.0. The Labute approximate surface area is 176 Å². The predicted molar refractivity (Wildman–Crippen MR) is 115 cm³/mol. The Morgan fingerprint density at radius 3 is 2.38 bits per heavy atom. The number of methoxy groups -OCH3 is 1. The smallest absolute Gasteiger partial charge is 0.309 e. The summed E-state index contributed by atoms with van der Waals surface area (Å²) in [7, 11) is 1.45. The summed E-state index contributed by atoms with van der Waals surface area (Å²) < 4.78 is 4.87. The molecule has 1 aromatic heterocycles. The van der Waals surface area contributed by atoms with Gasteiger partial charge in [0.2, 0.25) is 5.91 Å². The molecule has 1 aromatic carbocycles. The second-order valence-electron chi connectivity index (χ2n) is 7.95. The molecule has 1 saturated heterocycles. The van der Waals surface area contributed by atoms with Crippen LogP contribution in [0.3, 0.4) is 0 Å². The number of benzene rings is 1. The normalized spacial score (nSPS) is 19.1. The molecule has 0 spiro atoms. The average molecular weight is 417 g/mol. The number of quaternary nitrogens is 1. The van der Waals surface area contributed by atoms with E-state index in [-0.39, 0.29) is 17.8 Å². The molecule has 0 unspecified atom stereocenters. The summed E-state index contributed by atoms with van der Waals surface area (Å²) in [5.41, 5.74) is 5.25. The van der Waals surface area contributed by atoms with Crippen molar-refractivity contribution in [2.45, 2.75) is 47.1 Å². The van der Waals surface area contributed by atoms with Crippen LogP contribution in [0.4, 0.5) is 10.8 Å². The largest absolute Gasteiger partial charge is 0.469 e. The van der Waals surface area contributed by atoms with Crippen LogP contribution in [0.25, 0.3) is 0 Å². The standard InChI is InChI=1S/C22H29N3O3S/c1-14-10-15(2)20(16(3)11-14)25(17(4)26)22-23-19(13-29-22)12-24-8-6-18(7-9-24)21(27)28-5/h10-11,13,18H,6-9,12H2,1-5H3/p+1. The van der Waals surface area contributed by atoms with Gasteiger partial charge in [0.25, 0.3) is 0 Å². The number of amides is 1. The maximum absolute atomic E-state index is 12.5. The number of nitrogens with zero attached hydrogens (tertiary/aromatic N) is 2. The molecule has 1 amide bonds. The highest BCUT2D eigenvalue weighted by atomic mass is 32.1. The highest BCUT2D eigenvalue weighted by Crippen LogP contribution is 2.34. The lowest BCUT2D eigenvalue weighted by Crippen LogP contribution is -3.11. The van der Waals surface area contributed by atoms with Crippen molar-refractivity contribution >= 4 is 34.0 Å². The molecule has 156 valence electrons. The number of anilines is 2. The molecular formula is C22H30N3O3S+. The molecular weight excluding hydrogens is 386 g/mol. The van der Waals surface area contributed by atoms with Crippen molar-refractivity contribution in [1.29, 1.82) is 0 Å². The molecule has 2 heterocycles. The van der Waals surface area contributed by atoms with Gasteiger partial charge in [-0.2, -0.15) is 0 Å². The van der Waals surface area contributed by atoms with Crippen molar-refractivity contribution in [3.8, 4) is 0 Å². The lowest BCUT2D eigenvalue weighted by Gasteiger charge is -2.27. The van der Waals surface area contributed by atoms with Crippen molar-refractivity contribution in [1.82, 2.24) is 4.98 Å². The van der Waals surface area contributed by atoms with Crippen LogP contribution in [0.2, 0.25) is 0 Å². The van der Waals surface area contributed by atoms with Crippen LogP contribution in [0, 0.1) is 26.7 Å². The third kappa shape index (κ3) is 4.85. The number of thiazole rings is 1. The van der Waals surface area contributed by atoms with E-state index in [1.807, 2.05) is 19.2 Å². The van der Waals surface area contributed by atoms with E-state index in [1.165, 1.54) is 28.9 Å². The zero-order chi connectivity index (χ0) is 21.1. The number of piperidine rings is 1. The van der Waals surface area contributed by atoms with E-state index < -0.39 is 0 Å². The molecule has 0 atom stereocenters. The number of aryl methyl sites for hydroxylation is 3. The van der Waals surface area contributed by atoms with E-state index in [0.717, 1.165) is 55.0 Å². The van der Waals surface area contributed by atoms with Gasteiger partial charge < -0.3 is 9.64 Å². The van der Waals surface area contributed by atoms with E-state index in [2.05, 4.69) is 19.1 Å². The number of carbonyl (C=O) groups is 2. The monoisotopic (exact) mass is 416 g/mol. The molecule has 7 heteroatoms. The fraction of sp³-hybridized carbons (Fsp3) is 0.500. The Balaban J connectivity index is 1.75. The summed E-state index contributed by atoms with van der Waals surface area (Å²) >= 11 is 1.51. The highest BCUT2D eigenvalue weighted by Gasteiger charge is 2.29. The van der Waals surface area contributed by atoms with Crippen molar-refractivity contribution in [2.24, 2.45) is 5.92 Å². The second-order valence-corrected chi connectivity index (χ2v) is 8.78. The van der Waals surface area contributed by atoms with Crippen LogP contribution < -0.4 is 9.80 Å². The maximum atomic E-state index is 12.5. The number of carbonyl (C=O) groups excluding carboxylic acids is 2. The zero-order valence-electron chi connectivity index (χ0n) is 17.9. The minimum atomic E-state index is -0.0964. The van der Waals surface area contributed by atoms with Crippen LogP contribution in [0.15, 0.2) is 17.5 Å². The SMILES string of the molecule is COC(=O)C1CC[NH+](Cc2csc(N(C(C)=O)c3c(C)cc(C)cc3C)n2)CC1. The summed E-state index contributed by atoms with van der Waals surface area (Å²) in [6.07, 6.45) is 1.70. The summed E-state index contributed by atoms with van der Waals surface area (Å²) in [5.74, 6) is -0.108. The van der Waals surface area contributed by atoms with Gasteiger partial charge in [-0.3, -0.25) is 14.5 Å². The van der Waals surface area contributed by atoms with Gasteiger partial charge >= 0.3 is 5.97 Å². The first-order chi connectivity index (χ1) is 13.8. The van der Waals surface area contributed by atoms with Gasteiger partial charge in [-0.1, -0.05) is 17.7 Å². The number of rotatable bonds is 5. The molecule has 0 aliphatic carbocycles. The molecule has 1 aliphatic heterocycles. The molecule has 6 nitrogen and oxygen atoms in total. The van der Waals surface area contributed by atoms with Crippen molar-refractivity contribution in [3.05, 3.63) is 39.9 Å². The predicted octanol–water partition coefficient (Wildman–Crippen LogP) is 2.72. The fourth-order valence-electron chi connectivity index (χ4n) is 4.25. The third-order valence-electron chi connectivity index (χ3n) is 5.56. The maximum Gasteiger partial charge on any atom is 0.309 e. The molecule has 1 N–H and O–H groups in total. The van der Waals surface area contributed by atoms with E-state index in [9.17, 15) is 9.59 Å². The van der Waals surface area contributed by atoms with E-state index in [4.69, 9.17) is 9.72 Å². The Hall–Kier alpha value is -2.25. The minimum absolute atomic E-state index is 0.0236. The molecule has 0 saturated carbocycles. The third-order valence-corrected chi connectivity index (χ3v) is 6.44. The number of ether oxygens (including phenoxy) is 1. The molecule has 3 rings (SSSR count). The van der Waals surface area contributed by atoms with Gasteiger partial charge in [0.05, 0.1) is 31.8 Å². The molecule has 0 radical (unpaired) electrons. The average Bonchev–Trinajstić information content (AvgIpc) is 3.12. The Morgan fingerprint density at radius 2 is 1.83 bits per heavy atom. The van der Waals surface area contributed by atoms with Crippen molar-refractivity contribution < 1.29 is 19.2 Å². The first-order valence-corrected chi connectivity index (χ1v) is 10.9. The van der Waals surface area contributed by atoms with Gasteiger partial charge in [0, 0.05) is 25.1 Å². The number of likely N-dealkylation sites (tertiary alicyclic amines) is 1. The number of hydrogen-bond acceptors (Lipinski definition) is 5. The summed E-state index contributed by atoms with van der Waals surface area (Å²) in [6, 6.07) is 4.20. The molecule has 1 aliphatic rings. The molecule has 29 heavy (non-hydrogen) atoms. The van der Waals surface area contributed by atoms with Gasteiger partial charge in [-0.05, 0) is 31.9 Å². The number of esters is 1. The molecule has 2 aromatic rings. The molecule has 0 bridgehead atoms. The summed E-state index contributed by atoms with van der Waals surface area (Å²) in [4.78, 5) is 32.1. The zero-order valence-corrected chi connectivity index (χ0v) is 18.7. The summed E-state index contributed by atoms with van der Waals surface area (Å²) in [6.45, 7) is 10.4. The Bertz CT molecular complexity index is 877. The Kier molecular flexibility index (Phi) is 6.70. The van der Waals surface area contributed by atoms with Gasteiger partial charge in [0.15, 0.2) is 5.13 Å². The summed E-state index contributed by atoms with van der Waals surface area (Å²) in [5, 5.41) is 2.76. The second kappa shape index (κ2) is 9.05. The molecule has 1 fully saturated rings. The van der Waals surface area contributed by atoms with Gasteiger partial charge in [-0.15, -0.1) is 11.3 Å². The van der Waals surface area contributed by atoms with Gasteiger partial charge in [-0.25, -0.2) is 4.98 Å². The number of hydrogen-bond donors (Lipinski definition) is 1. The van der Waals surface area contributed by atoms with Crippen LogP contribution in [0.1, 0.15) is 42.1 Å². The first kappa shape index (κ1) is 21.5.